The first-order chi connectivity index (χ1) is 8.00. The molecule has 0 unspecified atom stereocenters. The smallest absolute Gasteiger partial charge is 0.325 e. The van der Waals surface area contributed by atoms with Gasteiger partial charge in [-0.25, -0.2) is 0 Å². The van der Waals surface area contributed by atoms with Crippen molar-refractivity contribution in [1.82, 2.24) is 5.32 Å². The van der Waals surface area contributed by atoms with Gasteiger partial charge in [-0.3, -0.25) is 9.59 Å². The van der Waals surface area contributed by atoms with E-state index in [1.165, 1.54) is 13.0 Å². The van der Waals surface area contributed by atoms with Crippen molar-refractivity contribution in [2.45, 2.75) is 19.9 Å². The zero-order valence-electron chi connectivity index (χ0n) is 9.81. The molecule has 1 aromatic rings. The van der Waals surface area contributed by atoms with Crippen molar-refractivity contribution in [1.29, 1.82) is 0 Å². The number of hydrogen-bond donors (Lipinski definition) is 2. The fraction of sp³-hybridized carbons (Fsp3) is 0.231. The van der Waals surface area contributed by atoms with Crippen molar-refractivity contribution in [2.24, 2.45) is 0 Å². The highest BCUT2D eigenvalue weighted by molar-refractivity contribution is 5.94. The van der Waals surface area contributed by atoms with Crippen LogP contribution in [0, 0.1) is 6.92 Å². The topological polar surface area (TPSA) is 66.4 Å². The van der Waals surface area contributed by atoms with E-state index in [-0.39, 0.29) is 0 Å². The maximum Gasteiger partial charge on any atom is 0.325 e. The summed E-state index contributed by atoms with van der Waals surface area (Å²) in [6.07, 6.45) is 3.00. The third-order valence-corrected chi connectivity index (χ3v) is 2.33. The molecule has 0 fully saturated rings. The molecule has 17 heavy (non-hydrogen) atoms. The van der Waals surface area contributed by atoms with E-state index < -0.39 is 17.9 Å². The molecule has 2 N–H and O–H groups in total. The molecule has 0 spiro atoms. The molecule has 4 nitrogen and oxygen atoms in total. The summed E-state index contributed by atoms with van der Waals surface area (Å²) < 4.78 is 0. The quantitative estimate of drug-likeness (QED) is 0.776. The zero-order chi connectivity index (χ0) is 12.8. The van der Waals surface area contributed by atoms with Crippen LogP contribution >= 0.6 is 0 Å². The normalized spacial score (nSPS) is 12.4. The van der Waals surface area contributed by atoms with E-state index in [9.17, 15) is 9.59 Å². The molecule has 0 aliphatic rings. The minimum atomic E-state index is -1.05. The van der Waals surface area contributed by atoms with Gasteiger partial charge in [0.25, 0.3) is 0 Å². The van der Waals surface area contributed by atoms with Crippen molar-refractivity contribution in [3.8, 4) is 0 Å². The first kappa shape index (κ1) is 13.0. The Hall–Kier alpha value is -2.10. The van der Waals surface area contributed by atoms with Gasteiger partial charge < -0.3 is 10.4 Å². The molecule has 0 heterocycles. The van der Waals surface area contributed by atoms with E-state index in [0.29, 0.717) is 0 Å². The Labute approximate surface area is 100.0 Å². The average Bonchev–Trinajstić information content (AvgIpc) is 2.27. The van der Waals surface area contributed by atoms with E-state index in [4.69, 9.17) is 5.11 Å². The number of hydrogen-bond acceptors (Lipinski definition) is 2. The van der Waals surface area contributed by atoms with Gasteiger partial charge in [0.15, 0.2) is 0 Å². The summed E-state index contributed by atoms with van der Waals surface area (Å²) in [5.41, 5.74) is 1.99. The van der Waals surface area contributed by atoms with Crippen LogP contribution in [0.3, 0.4) is 0 Å². The number of amides is 1. The summed E-state index contributed by atoms with van der Waals surface area (Å²) in [7, 11) is 0. The molecule has 1 rings (SSSR count). The maximum absolute atomic E-state index is 11.4. The summed E-state index contributed by atoms with van der Waals surface area (Å²) >= 11 is 0. The Morgan fingerprint density at radius 3 is 2.59 bits per heavy atom. The lowest BCUT2D eigenvalue weighted by Gasteiger charge is -2.06. The number of benzene rings is 1. The molecule has 90 valence electrons. The predicted molar refractivity (Wildman–Crippen MR) is 65.5 cm³/mol. The summed E-state index contributed by atoms with van der Waals surface area (Å²) in [5.74, 6) is -1.47. The number of carbonyl (C=O) groups is 2. The lowest BCUT2D eigenvalue weighted by molar-refractivity contribution is -0.140. The van der Waals surface area contributed by atoms with Crippen LogP contribution in [-0.4, -0.2) is 23.0 Å². The summed E-state index contributed by atoms with van der Waals surface area (Å²) in [4.78, 5) is 21.9. The van der Waals surface area contributed by atoms with Gasteiger partial charge in [0.2, 0.25) is 5.91 Å². The largest absolute Gasteiger partial charge is 0.480 e. The van der Waals surface area contributed by atoms with Crippen LogP contribution in [0.2, 0.25) is 0 Å². The molecule has 1 aromatic carbocycles. The molecule has 1 atom stereocenters. The molecule has 0 saturated heterocycles. The highest BCUT2D eigenvalue weighted by Gasteiger charge is 2.11. The Kier molecular flexibility index (Phi) is 4.46. The van der Waals surface area contributed by atoms with Gasteiger partial charge in [-0.2, -0.15) is 0 Å². The van der Waals surface area contributed by atoms with Crippen LogP contribution in [-0.2, 0) is 9.59 Å². The highest BCUT2D eigenvalue weighted by Crippen LogP contribution is 2.08. The molecule has 0 saturated carbocycles. The van der Waals surface area contributed by atoms with Crippen molar-refractivity contribution >= 4 is 18.0 Å². The molecule has 0 aromatic heterocycles. The Morgan fingerprint density at radius 2 is 2.00 bits per heavy atom. The van der Waals surface area contributed by atoms with Gasteiger partial charge in [0.05, 0.1) is 0 Å². The van der Waals surface area contributed by atoms with Crippen molar-refractivity contribution in [3.05, 3.63) is 41.5 Å². The van der Waals surface area contributed by atoms with E-state index in [0.717, 1.165) is 11.1 Å². The SMILES string of the molecule is Cc1ccccc1C=CC(=O)N[C@H](C)C(=O)O. The summed E-state index contributed by atoms with van der Waals surface area (Å²) in [6.45, 7) is 3.36. The number of aryl methyl sites for hydroxylation is 1. The van der Waals surface area contributed by atoms with Gasteiger partial charge in [-0.05, 0) is 31.1 Å². The van der Waals surface area contributed by atoms with Crippen LogP contribution in [0.5, 0.6) is 0 Å². The Morgan fingerprint density at radius 1 is 1.35 bits per heavy atom. The van der Waals surface area contributed by atoms with E-state index >= 15 is 0 Å². The fourth-order valence-corrected chi connectivity index (χ4v) is 1.26. The molecule has 0 aliphatic carbocycles. The molecule has 0 radical (unpaired) electrons. The molecule has 0 bridgehead atoms. The van der Waals surface area contributed by atoms with E-state index in [2.05, 4.69) is 5.32 Å². The number of rotatable bonds is 4. The van der Waals surface area contributed by atoms with Gasteiger partial charge in [0.1, 0.15) is 6.04 Å². The minimum absolute atomic E-state index is 0.414. The highest BCUT2D eigenvalue weighted by atomic mass is 16.4. The van der Waals surface area contributed by atoms with Gasteiger partial charge in [-0.1, -0.05) is 24.3 Å². The second kappa shape index (κ2) is 5.84. The second-order valence-electron chi connectivity index (χ2n) is 3.76. The van der Waals surface area contributed by atoms with Crippen LogP contribution in [0.15, 0.2) is 30.3 Å². The average molecular weight is 233 g/mol. The third kappa shape index (κ3) is 4.10. The van der Waals surface area contributed by atoms with Gasteiger partial charge in [-0.15, -0.1) is 0 Å². The summed E-state index contributed by atoms with van der Waals surface area (Å²) in [6, 6.07) is 6.74. The zero-order valence-corrected chi connectivity index (χ0v) is 9.81. The van der Waals surface area contributed by atoms with E-state index in [1.54, 1.807) is 6.08 Å². The molecular weight excluding hydrogens is 218 g/mol. The number of carboxylic acid groups (broad SMARTS) is 1. The Balaban J connectivity index is 2.63. The minimum Gasteiger partial charge on any atom is -0.480 e. The number of carbonyl (C=O) groups excluding carboxylic acids is 1. The predicted octanol–water partition coefficient (Wildman–Crippen LogP) is 1.60. The van der Waals surface area contributed by atoms with Gasteiger partial charge >= 0.3 is 5.97 Å². The molecular formula is C13H15NO3. The number of carboxylic acids is 1. The van der Waals surface area contributed by atoms with Crippen LogP contribution in [0.25, 0.3) is 6.08 Å². The van der Waals surface area contributed by atoms with Crippen molar-refractivity contribution in [3.63, 3.8) is 0 Å². The van der Waals surface area contributed by atoms with E-state index in [1.807, 2.05) is 31.2 Å². The third-order valence-electron chi connectivity index (χ3n) is 2.33. The molecule has 4 heteroatoms. The number of nitrogens with one attached hydrogen (secondary N) is 1. The Bertz CT molecular complexity index is 452. The van der Waals surface area contributed by atoms with Gasteiger partial charge in [0, 0.05) is 6.08 Å². The van der Waals surface area contributed by atoms with Crippen molar-refractivity contribution < 1.29 is 14.7 Å². The summed E-state index contributed by atoms with van der Waals surface area (Å²) in [5, 5.41) is 11.0. The molecule has 1 amide bonds. The first-order valence-electron chi connectivity index (χ1n) is 5.27. The fourth-order valence-electron chi connectivity index (χ4n) is 1.26. The standard InChI is InChI=1S/C13H15NO3/c1-9-5-3-4-6-11(9)7-8-12(15)14-10(2)13(16)17/h3-8,10H,1-2H3,(H,14,15)(H,16,17)/t10-/m1/s1. The lowest BCUT2D eigenvalue weighted by Crippen LogP contribution is -2.37. The van der Waals surface area contributed by atoms with Crippen LogP contribution in [0.4, 0.5) is 0 Å². The first-order valence-corrected chi connectivity index (χ1v) is 5.27. The van der Waals surface area contributed by atoms with Crippen LogP contribution < -0.4 is 5.32 Å². The molecule has 0 aliphatic heterocycles. The van der Waals surface area contributed by atoms with Crippen LogP contribution in [0.1, 0.15) is 18.1 Å². The maximum atomic E-state index is 11.4. The second-order valence-corrected chi connectivity index (χ2v) is 3.76. The lowest BCUT2D eigenvalue weighted by atomic mass is 10.1. The number of aliphatic carboxylic acids is 1. The monoisotopic (exact) mass is 233 g/mol. The van der Waals surface area contributed by atoms with Crippen molar-refractivity contribution in [2.75, 3.05) is 0 Å².